The average molecular weight is 243 g/mol. The molecule has 1 aliphatic rings. The Kier molecular flexibility index (Phi) is 6.96. The van der Waals surface area contributed by atoms with E-state index in [9.17, 15) is 0 Å². The maximum absolute atomic E-state index is 8.44. The molecule has 0 saturated carbocycles. The Labute approximate surface area is 104 Å². The molecule has 1 atom stereocenters. The molecule has 3 N–H and O–H groups in total. The average Bonchev–Trinajstić information content (AvgIpc) is 2.36. The van der Waals surface area contributed by atoms with E-state index < -0.39 is 0 Å². The topological polar surface area (TPSA) is 71.1 Å². The summed E-state index contributed by atoms with van der Waals surface area (Å²) in [6.45, 7) is 6.17. The largest absolute Gasteiger partial charge is 0.409 e. The van der Waals surface area contributed by atoms with Gasteiger partial charge >= 0.3 is 0 Å². The van der Waals surface area contributed by atoms with Gasteiger partial charge in [-0.05, 0) is 38.8 Å². The molecule has 1 saturated heterocycles. The maximum Gasteiger partial charge on any atom is 0.139 e. The van der Waals surface area contributed by atoms with Crippen molar-refractivity contribution in [3.05, 3.63) is 0 Å². The number of piperidine rings is 1. The third-order valence-corrected chi connectivity index (χ3v) is 3.06. The van der Waals surface area contributed by atoms with E-state index in [1.165, 1.54) is 12.8 Å². The van der Waals surface area contributed by atoms with Gasteiger partial charge in [-0.1, -0.05) is 12.1 Å². The Morgan fingerprint density at radius 3 is 3.12 bits per heavy atom. The summed E-state index contributed by atoms with van der Waals surface area (Å²) in [5.74, 6) is 0.320. The highest BCUT2D eigenvalue weighted by Crippen LogP contribution is 2.14. The molecule has 17 heavy (non-hydrogen) atoms. The molecule has 0 spiro atoms. The van der Waals surface area contributed by atoms with Crippen molar-refractivity contribution in [3.8, 4) is 0 Å². The minimum absolute atomic E-state index is 0.320. The minimum Gasteiger partial charge on any atom is -0.409 e. The fourth-order valence-electron chi connectivity index (χ4n) is 2.17. The zero-order valence-electron chi connectivity index (χ0n) is 10.8. The Morgan fingerprint density at radius 2 is 2.41 bits per heavy atom. The molecule has 1 heterocycles. The van der Waals surface area contributed by atoms with Crippen LogP contribution in [0.1, 0.15) is 39.0 Å². The molecular weight excluding hydrogens is 218 g/mol. The van der Waals surface area contributed by atoms with Crippen molar-refractivity contribution in [2.75, 3.05) is 26.2 Å². The number of hydrogen-bond donors (Lipinski definition) is 2. The lowest BCUT2D eigenvalue weighted by atomic mass is 10.1. The van der Waals surface area contributed by atoms with Crippen LogP contribution in [0.15, 0.2) is 5.16 Å². The van der Waals surface area contributed by atoms with E-state index in [2.05, 4.69) is 17.0 Å². The number of oxime groups is 1. The fraction of sp³-hybridized carbons (Fsp3) is 0.917. The van der Waals surface area contributed by atoms with E-state index in [0.29, 0.717) is 18.4 Å². The van der Waals surface area contributed by atoms with E-state index in [-0.39, 0.29) is 0 Å². The maximum atomic E-state index is 8.44. The van der Waals surface area contributed by atoms with Crippen LogP contribution in [-0.4, -0.2) is 48.3 Å². The number of amidine groups is 1. The molecule has 1 unspecified atom stereocenters. The molecular formula is C12H25N3O2. The molecule has 0 amide bonds. The monoisotopic (exact) mass is 243 g/mol. The molecule has 0 aliphatic carbocycles. The van der Waals surface area contributed by atoms with Crippen molar-refractivity contribution in [1.82, 2.24) is 4.90 Å². The van der Waals surface area contributed by atoms with E-state index >= 15 is 0 Å². The summed E-state index contributed by atoms with van der Waals surface area (Å²) in [7, 11) is 0. The number of likely N-dealkylation sites (tertiary alicyclic amines) is 1. The van der Waals surface area contributed by atoms with Crippen molar-refractivity contribution >= 4 is 5.84 Å². The van der Waals surface area contributed by atoms with Crippen molar-refractivity contribution in [3.63, 3.8) is 0 Å². The molecule has 0 bridgehead atoms. The van der Waals surface area contributed by atoms with E-state index in [1.54, 1.807) is 0 Å². The second-order valence-corrected chi connectivity index (χ2v) is 4.63. The molecule has 0 aromatic rings. The second kappa shape index (κ2) is 8.31. The molecule has 1 rings (SSSR count). The van der Waals surface area contributed by atoms with Crippen molar-refractivity contribution in [1.29, 1.82) is 0 Å². The van der Waals surface area contributed by atoms with Gasteiger partial charge in [-0.3, -0.25) is 0 Å². The van der Waals surface area contributed by atoms with Gasteiger partial charge in [0.2, 0.25) is 0 Å². The van der Waals surface area contributed by atoms with Gasteiger partial charge in [-0.15, -0.1) is 0 Å². The molecule has 100 valence electrons. The van der Waals surface area contributed by atoms with Crippen molar-refractivity contribution in [2.45, 2.75) is 45.1 Å². The summed E-state index contributed by atoms with van der Waals surface area (Å²) >= 11 is 0. The third-order valence-electron chi connectivity index (χ3n) is 3.06. The first-order valence-corrected chi connectivity index (χ1v) is 6.56. The van der Waals surface area contributed by atoms with Crippen LogP contribution in [0.25, 0.3) is 0 Å². The summed E-state index contributed by atoms with van der Waals surface area (Å²) in [5, 5.41) is 11.4. The van der Waals surface area contributed by atoms with Gasteiger partial charge < -0.3 is 20.6 Å². The SMILES string of the molecule is CCCOC1CCCN(CCC/C(N)=N/O)C1. The summed E-state index contributed by atoms with van der Waals surface area (Å²) < 4.78 is 5.78. The molecule has 1 aliphatic heterocycles. The molecule has 0 radical (unpaired) electrons. The Hall–Kier alpha value is -0.810. The molecule has 1 fully saturated rings. The van der Waals surface area contributed by atoms with Crippen molar-refractivity contribution < 1.29 is 9.94 Å². The number of hydrogen-bond acceptors (Lipinski definition) is 4. The first-order valence-electron chi connectivity index (χ1n) is 6.56. The minimum atomic E-state index is 0.320. The Balaban J connectivity index is 2.16. The van der Waals surface area contributed by atoms with Crippen LogP contribution in [0.4, 0.5) is 0 Å². The highest BCUT2D eigenvalue weighted by molar-refractivity contribution is 5.79. The summed E-state index contributed by atoms with van der Waals surface area (Å²) in [6, 6.07) is 0. The van der Waals surface area contributed by atoms with Crippen molar-refractivity contribution in [2.24, 2.45) is 10.9 Å². The van der Waals surface area contributed by atoms with Gasteiger partial charge in [-0.2, -0.15) is 0 Å². The Bertz CT molecular complexity index is 234. The van der Waals surface area contributed by atoms with Crippen LogP contribution in [0.3, 0.4) is 0 Å². The van der Waals surface area contributed by atoms with E-state index in [0.717, 1.165) is 39.1 Å². The standard InChI is InChI=1S/C12H25N3O2/c1-2-9-17-11-5-3-7-15(10-11)8-4-6-12(13)14-16/h11,16H,2-10H2,1H3,(H2,13,14). The van der Waals surface area contributed by atoms with Crippen LogP contribution in [0, 0.1) is 0 Å². The number of nitrogens with two attached hydrogens (primary N) is 1. The summed E-state index contributed by atoms with van der Waals surface area (Å²) in [5.41, 5.74) is 5.44. The van der Waals surface area contributed by atoms with Crippen LogP contribution < -0.4 is 5.73 Å². The zero-order valence-corrected chi connectivity index (χ0v) is 10.8. The quantitative estimate of drug-likeness (QED) is 0.307. The van der Waals surface area contributed by atoms with Crippen LogP contribution in [0.5, 0.6) is 0 Å². The molecule has 0 aromatic heterocycles. The van der Waals surface area contributed by atoms with Crippen LogP contribution >= 0.6 is 0 Å². The number of nitrogens with zero attached hydrogens (tertiary/aromatic N) is 2. The second-order valence-electron chi connectivity index (χ2n) is 4.63. The third kappa shape index (κ3) is 5.89. The van der Waals surface area contributed by atoms with Gasteiger partial charge in [-0.25, -0.2) is 0 Å². The highest BCUT2D eigenvalue weighted by atomic mass is 16.5. The molecule has 5 nitrogen and oxygen atoms in total. The van der Waals surface area contributed by atoms with E-state index in [1.807, 2.05) is 0 Å². The normalized spacial score (nSPS) is 22.9. The lowest BCUT2D eigenvalue weighted by Crippen LogP contribution is -2.40. The first-order chi connectivity index (χ1) is 8.26. The number of rotatable bonds is 7. The zero-order chi connectivity index (χ0) is 12.5. The van der Waals surface area contributed by atoms with Gasteiger partial charge in [0.25, 0.3) is 0 Å². The highest BCUT2D eigenvalue weighted by Gasteiger charge is 2.19. The summed E-state index contributed by atoms with van der Waals surface area (Å²) in [6.07, 6.45) is 5.46. The van der Waals surface area contributed by atoms with E-state index in [4.69, 9.17) is 15.7 Å². The lowest BCUT2D eigenvalue weighted by Gasteiger charge is -2.32. The van der Waals surface area contributed by atoms with Crippen LogP contribution in [0.2, 0.25) is 0 Å². The smallest absolute Gasteiger partial charge is 0.139 e. The van der Waals surface area contributed by atoms with Gasteiger partial charge in [0, 0.05) is 19.6 Å². The summed E-state index contributed by atoms with van der Waals surface area (Å²) in [4.78, 5) is 2.41. The fourth-order valence-corrected chi connectivity index (χ4v) is 2.17. The van der Waals surface area contributed by atoms with Crippen LogP contribution in [-0.2, 0) is 4.74 Å². The van der Waals surface area contributed by atoms with Gasteiger partial charge in [0.05, 0.1) is 6.10 Å². The predicted octanol–water partition coefficient (Wildman–Crippen LogP) is 1.40. The number of ether oxygens (including phenoxy) is 1. The molecule has 5 heteroatoms. The van der Waals surface area contributed by atoms with Gasteiger partial charge in [0.1, 0.15) is 5.84 Å². The Morgan fingerprint density at radius 1 is 1.59 bits per heavy atom. The predicted molar refractivity (Wildman–Crippen MR) is 68.3 cm³/mol. The lowest BCUT2D eigenvalue weighted by molar-refractivity contribution is -0.0000983. The molecule has 0 aromatic carbocycles. The first kappa shape index (κ1) is 14.3. The van der Waals surface area contributed by atoms with Gasteiger partial charge in [0.15, 0.2) is 0 Å².